The highest BCUT2D eigenvalue weighted by Crippen LogP contribution is 2.30. The van der Waals surface area contributed by atoms with Crippen LogP contribution in [0.5, 0.6) is 0 Å². The number of nitrogen functional groups attached to an aromatic ring is 1. The van der Waals surface area contributed by atoms with E-state index in [4.69, 9.17) is 15.2 Å². The normalized spacial score (nSPS) is 23.7. The molecular weight excluding hydrogens is 306 g/mol. The number of nitrogens with two attached hydrogens (primary N) is 1. The Kier molecular flexibility index (Phi) is 5.45. The molecule has 0 aromatic carbocycles. The second kappa shape index (κ2) is 7.34. The van der Waals surface area contributed by atoms with E-state index in [2.05, 4.69) is 4.98 Å². The molecule has 1 aliphatic heterocycles. The molecule has 9 heteroatoms. The summed E-state index contributed by atoms with van der Waals surface area (Å²) in [5.41, 5.74) is 4.84. The van der Waals surface area contributed by atoms with Crippen molar-refractivity contribution < 1.29 is 24.2 Å². The number of ether oxygens (including phenoxy) is 2. The summed E-state index contributed by atoms with van der Waals surface area (Å²) in [5.74, 6) is -0.563. The van der Waals surface area contributed by atoms with Gasteiger partial charge < -0.3 is 25.1 Å². The molecule has 1 saturated heterocycles. The molecular formula is C14H19N3O6. The van der Waals surface area contributed by atoms with Crippen LogP contribution in [0, 0.1) is 0 Å². The molecule has 0 bridgehead atoms. The van der Waals surface area contributed by atoms with E-state index in [-0.39, 0.29) is 37.5 Å². The van der Waals surface area contributed by atoms with Crippen LogP contribution in [-0.4, -0.2) is 45.2 Å². The van der Waals surface area contributed by atoms with E-state index in [0.717, 1.165) is 0 Å². The molecule has 1 aromatic heterocycles. The van der Waals surface area contributed by atoms with Crippen LogP contribution >= 0.6 is 0 Å². The van der Waals surface area contributed by atoms with Gasteiger partial charge in [-0.15, -0.1) is 0 Å². The van der Waals surface area contributed by atoms with Gasteiger partial charge in [0.25, 0.3) is 0 Å². The van der Waals surface area contributed by atoms with Crippen molar-refractivity contribution in [2.75, 3.05) is 12.3 Å². The maximum absolute atomic E-state index is 11.8. The van der Waals surface area contributed by atoms with Gasteiger partial charge in [-0.3, -0.25) is 9.36 Å². The number of esters is 1. The minimum Gasteiger partial charge on any atom is -0.459 e. The molecule has 9 nitrogen and oxygen atoms in total. The number of anilines is 1. The number of aliphatic hydroxyl groups excluding tert-OH is 1. The van der Waals surface area contributed by atoms with Gasteiger partial charge in [0, 0.05) is 19.0 Å². The fourth-order valence-corrected chi connectivity index (χ4v) is 2.31. The largest absolute Gasteiger partial charge is 0.459 e. The Morgan fingerprint density at radius 3 is 2.87 bits per heavy atom. The molecule has 3 atom stereocenters. The topological polar surface area (TPSA) is 134 Å². The molecule has 0 spiro atoms. The molecule has 0 saturated carbocycles. The molecule has 2 heterocycles. The molecule has 0 aliphatic carbocycles. The van der Waals surface area contributed by atoms with Gasteiger partial charge in [-0.2, -0.15) is 4.98 Å². The van der Waals surface area contributed by atoms with E-state index in [1.165, 1.54) is 23.8 Å². The summed E-state index contributed by atoms with van der Waals surface area (Å²) >= 11 is 0. The van der Waals surface area contributed by atoms with Gasteiger partial charge in [0.2, 0.25) is 0 Å². The maximum atomic E-state index is 11.8. The summed E-state index contributed by atoms with van der Waals surface area (Å²) in [7, 11) is 0. The predicted molar refractivity (Wildman–Crippen MR) is 78.3 cm³/mol. The van der Waals surface area contributed by atoms with Gasteiger partial charge >= 0.3 is 11.7 Å². The van der Waals surface area contributed by atoms with Gasteiger partial charge in [-0.05, 0) is 13.0 Å². The van der Waals surface area contributed by atoms with E-state index >= 15 is 0 Å². The van der Waals surface area contributed by atoms with Gasteiger partial charge in [0.05, 0.1) is 13.0 Å². The van der Waals surface area contributed by atoms with E-state index < -0.39 is 30.1 Å². The van der Waals surface area contributed by atoms with E-state index in [0.29, 0.717) is 0 Å². The fourth-order valence-electron chi connectivity index (χ4n) is 2.31. The molecule has 3 N–H and O–H groups in total. The Balaban J connectivity index is 2.03. The summed E-state index contributed by atoms with van der Waals surface area (Å²) in [5, 5.41) is 9.35. The van der Waals surface area contributed by atoms with Gasteiger partial charge in [0.15, 0.2) is 0 Å². The first-order valence-electron chi connectivity index (χ1n) is 7.20. The zero-order valence-corrected chi connectivity index (χ0v) is 12.7. The Hall–Kier alpha value is -2.26. The van der Waals surface area contributed by atoms with Crippen LogP contribution < -0.4 is 11.4 Å². The van der Waals surface area contributed by atoms with Crippen molar-refractivity contribution >= 4 is 17.6 Å². The predicted octanol–water partition coefficient (Wildman–Crippen LogP) is -0.614. The highest BCUT2D eigenvalue weighted by atomic mass is 16.6. The standard InChI is InChI=1S/C14H19N3O6/c1-8(19)2-3-13(20)23-9-6-12(22-10(9)7-18)17-5-4-11(15)16-14(17)21/h4-5,9-10,12,18H,2-3,6-7H2,1H3,(H2,15,16,21)/t9-,10+,12+/m0/s1. The van der Waals surface area contributed by atoms with E-state index in [9.17, 15) is 19.5 Å². The van der Waals surface area contributed by atoms with Crippen LogP contribution in [-0.2, 0) is 19.1 Å². The van der Waals surface area contributed by atoms with E-state index in [1.807, 2.05) is 0 Å². The minimum atomic E-state index is -0.745. The van der Waals surface area contributed by atoms with Crippen molar-refractivity contribution in [1.82, 2.24) is 9.55 Å². The van der Waals surface area contributed by atoms with Crippen molar-refractivity contribution in [1.29, 1.82) is 0 Å². The molecule has 1 fully saturated rings. The van der Waals surface area contributed by atoms with Gasteiger partial charge in [-0.1, -0.05) is 0 Å². The first-order valence-corrected chi connectivity index (χ1v) is 7.20. The van der Waals surface area contributed by atoms with Crippen LogP contribution in [0.4, 0.5) is 5.82 Å². The highest BCUT2D eigenvalue weighted by molar-refractivity contribution is 5.81. The van der Waals surface area contributed by atoms with E-state index in [1.54, 1.807) is 0 Å². The molecule has 1 aliphatic rings. The van der Waals surface area contributed by atoms with Gasteiger partial charge in [0.1, 0.15) is 30.0 Å². The second-order valence-corrected chi connectivity index (χ2v) is 5.32. The number of nitrogens with zero attached hydrogens (tertiary/aromatic N) is 2. The lowest BCUT2D eigenvalue weighted by molar-refractivity contribution is -0.153. The third kappa shape index (κ3) is 4.36. The maximum Gasteiger partial charge on any atom is 0.351 e. The summed E-state index contributed by atoms with van der Waals surface area (Å²) in [6.45, 7) is 1.03. The quantitative estimate of drug-likeness (QED) is 0.661. The summed E-state index contributed by atoms with van der Waals surface area (Å²) in [4.78, 5) is 38.0. The third-order valence-corrected chi connectivity index (χ3v) is 3.49. The van der Waals surface area contributed by atoms with Crippen LogP contribution in [0.1, 0.15) is 32.4 Å². The average molecular weight is 325 g/mol. The Bertz CT molecular complexity index is 644. The average Bonchev–Trinajstić information content (AvgIpc) is 2.87. The molecule has 0 radical (unpaired) electrons. The number of hydrogen-bond donors (Lipinski definition) is 2. The first-order chi connectivity index (χ1) is 10.9. The smallest absolute Gasteiger partial charge is 0.351 e. The second-order valence-electron chi connectivity index (χ2n) is 5.32. The third-order valence-electron chi connectivity index (χ3n) is 3.49. The zero-order valence-electron chi connectivity index (χ0n) is 12.7. The number of rotatable bonds is 6. The monoisotopic (exact) mass is 325 g/mol. The number of aliphatic hydroxyl groups is 1. The number of aromatic nitrogens is 2. The van der Waals surface area contributed by atoms with Crippen LogP contribution in [0.25, 0.3) is 0 Å². The number of Topliss-reactive ketones (excluding diaryl/α,β-unsaturated/α-hetero) is 1. The molecule has 23 heavy (non-hydrogen) atoms. The Morgan fingerprint density at radius 1 is 1.52 bits per heavy atom. The summed E-state index contributed by atoms with van der Waals surface area (Å²) in [6.07, 6.45) is -0.455. The van der Waals surface area contributed by atoms with Crippen molar-refractivity contribution in [3.8, 4) is 0 Å². The summed E-state index contributed by atoms with van der Waals surface area (Å²) < 4.78 is 12.0. The van der Waals surface area contributed by atoms with Crippen LogP contribution in [0.3, 0.4) is 0 Å². The number of carbonyl (C=O) groups excluding carboxylic acids is 2. The van der Waals surface area contributed by atoms with Crippen molar-refractivity contribution in [3.63, 3.8) is 0 Å². The summed E-state index contributed by atoms with van der Waals surface area (Å²) in [6, 6.07) is 1.45. The van der Waals surface area contributed by atoms with Crippen molar-refractivity contribution in [2.24, 2.45) is 0 Å². The molecule has 126 valence electrons. The molecule has 0 amide bonds. The van der Waals surface area contributed by atoms with Crippen LogP contribution in [0.2, 0.25) is 0 Å². The number of hydrogen-bond acceptors (Lipinski definition) is 8. The minimum absolute atomic E-state index is 0.0297. The fraction of sp³-hybridized carbons (Fsp3) is 0.571. The molecule has 1 aromatic rings. The van der Waals surface area contributed by atoms with Crippen molar-refractivity contribution in [3.05, 3.63) is 22.7 Å². The first kappa shape index (κ1) is 17.1. The van der Waals surface area contributed by atoms with Crippen molar-refractivity contribution in [2.45, 2.75) is 44.6 Å². The van der Waals surface area contributed by atoms with Gasteiger partial charge in [-0.25, -0.2) is 4.79 Å². The molecule has 0 unspecified atom stereocenters. The lowest BCUT2D eigenvalue weighted by Gasteiger charge is -2.16. The SMILES string of the molecule is CC(=O)CCC(=O)O[C@H]1C[C@H](n2ccc(N)nc2=O)O[C@@H]1CO. The Labute approximate surface area is 132 Å². The lowest BCUT2D eigenvalue weighted by Crippen LogP contribution is -2.30. The Morgan fingerprint density at radius 2 is 2.26 bits per heavy atom. The zero-order chi connectivity index (χ0) is 17.0. The molecule has 2 rings (SSSR count). The number of carbonyl (C=O) groups is 2. The highest BCUT2D eigenvalue weighted by Gasteiger charge is 2.38. The lowest BCUT2D eigenvalue weighted by atomic mass is 10.2. The number of ketones is 1. The van der Waals surface area contributed by atoms with Crippen LogP contribution in [0.15, 0.2) is 17.1 Å².